The first-order chi connectivity index (χ1) is 11.7. The minimum atomic E-state index is -0.0342. The maximum Gasteiger partial charge on any atom is 0.220 e. The van der Waals surface area contributed by atoms with E-state index in [1.807, 2.05) is 48.5 Å². The molecule has 2 rings (SSSR count). The average molecular weight is 327 g/mol. The monoisotopic (exact) mass is 327 g/mol. The van der Waals surface area contributed by atoms with E-state index in [0.29, 0.717) is 17.9 Å². The fourth-order valence-electron chi connectivity index (χ4n) is 2.66. The normalized spacial score (nSPS) is 11.6. The number of benzene rings is 2. The summed E-state index contributed by atoms with van der Waals surface area (Å²) < 4.78 is 10.6. The summed E-state index contributed by atoms with van der Waals surface area (Å²) in [5, 5.41) is 3.11. The summed E-state index contributed by atoms with van der Waals surface area (Å²) in [4.78, 5) is 12.3. The van der Waals surface area contributed by atoms with Crippen LogP contribution in [-0.2, 0) is 11.2 Å². The van der Waals surface area contributed by atoms with Gasteiger partial charge in [0, 0.05) is 6.42 Å². The summed E-state index contributed by atoms with van der Waals surface area (Å²) >= 11 is 0. The molecule has 0 aliphatic heterocycles. The molecule has 0 unspecified atom stereocenters. The Balaban J connectivity index is 1.99. The molecule has 4 heteroatoms. The van der Waals surface area contributed by atoms with Crippen molar-refractivity contribution in [1.82, 2.24) is 5.32 Å². The van der Waals surface area contributed by atoms with E-state index < -0.39 is 0 Å². The lowest BCUT2D eigenvalue weighted by atomic mass is 10.0. The summed E-state index contributed by atoms with van der Waals surface area (Å²) in [5.41, 5.74) is 2.19. The molecule has 0 radical (unpaired) electrons. The van der Waals surface area contributed by atoms with E-state index in [4.69, 9.17) is 9.47 Å². The number of carbonyl (C=O) groups is 1. The first kappa shape index (κ1) is 17.9. The molecule has 0 heterocycles. The molecular formula is C20H25NO3. The Hall–Kier alpha value is -2.49. The molecule has 0 aliphatic rings. The highest BCUT2D eigenvalue weighted by Crippen LogP contribution is 2.30. The zero-order valence-corrected chi connectivity index (χ0v) is 14.5. The van der Waals surface area contributed by atoms with Crippen LogP contribution in [0.2, 0.25) is 0 Å². The van der Waals surface area contributed by atoms with Crippen LogP contribution in [0.4, 0.5) is 0 Å². The quantitative estimate of drug-likeness (QED) is 0.800. The summed E-state index contributed by atoms with van der Waals surface area (Å²) in [6, 6.07) is 15.8. The van der Waals surface area contributed by atoms with E-state index in [-0.39, 0.29) is 11.9 Å². The van der Waals surface area contributed by atoms with Gasteiger partial charge < -0.3 is 14.8 Å². The molecule has 24 heavy (non-hydrogen) atoms. The SMILES string of the molecule is CC[C@H](NC(=O)CCc1ccccc1)c1ccc(OC)c(OC)c1. The minimum Gasteiger partial charge on any atom is -0.493 e. The van der Waals surface area contributed by atoms with Gasteiger partial charge >= 0.3 is 0 Å². The third-order valence-electron chi connectivity index (χ3n) is 4.04. The second kappa shape index (κ2) is 8.96. The molecule has 128 valence electrons. The Morgan fingerprint density at radius 2 is 1.75 bits per heavy atom. The van der Waals surface area contributed by atoms with Crippen LogP contribution in [-0.4, -0.2) is 20.1 Å². The van der Waals surface area contributed by atoms with Crippen molar-refractivity contribution < 1.29 is 14.3 Å². The largest absolute Gasteiger partial charge is 0.493 e. The van der Waals surface area contributed by atoms with Crippen LogP contribution < -0.4 is 14.8 Å². The van der Waals surface area contributed by atoms with E-state index in [2.05, 4.69) is 12.2 Å². The summed E-state index contributed by atoms with van der Waals surface area (Å²) in [6.07, 6.45) is 2.04. The lowest BCUT2D eigenvalue weighted by molar-refractivity contribution is -0.121. The van der Waals surface area contributed by atoms with E-state index >= 15 is 0 Å². The van der Waals surface area contributed by atoms with Crippen molar-refractivity contribution in [3.8, 4) is 11.5 Å². The number of rotatable bonds is 8. The number of amides is 1. The number of ether oxygens (including phenoxy) is 2. The highest BCUT2D eigenvalue weighted by molar-refractivity contribution is 5.76. The topological polar surface area (TPSA) is 47.6 Å². The molecule has 0 saturated carbocycles. The average Bonchev–Trinajstić information content (AvgIpc) is 2.64. The molecule has 4 nitrogen and oxygen atoms in total. The minimum absolute atomic E-state index is 0.0342. The van der Waals surface area contributed by atoms with Crippen molar-refractivity contribution in [1.29, 1.82) is 0 Å². The molecule has 1 N–H and O–H groups in total. The van der Waals surface area contributed by atoms with Crippen LogP contribution in [0, 0.1) is 0 Å². The van der Waals surface area contributed by atoms with Gasteiger partial charge in [-0.15, -0.1) is 0 Å². The number of nitrogens with one attached hydrogen (secondary N) is 1. The van der Waals surface area contributed by atoms with Crippen LogP contribution in [0.3, 0.4) is 0 Å². The van der Waals surface area contributed by atoms with Gasteiger partial charge in [0.25, 0.3) is 0 Å². The predicted octanol–water partition coefficient (Wildman–Crippen LogP) is 3.90. The molecule has 0 fully saturated rings. The van der Waals surface area contributed by atoms with Crippen molar-refractivity contribution in [3.63, 3.8) is 0 Å². The van der Waals surface area contributed by atoms with E-state index in [0.717, 1.165) is 18.4 Å². The third kappa shape index (κ3) is 4.75. The molecule has 0 aromatic heterocycles. The summed E-state index contributed by atoms with van der Waals surface area (Å²) in [7, 11) is 3.22. The van der Waals surface area contributed by atoms with E-state index in [1.54, 1.807) is 14.2 Å². The molecule has 0 spiro atoms. The number of carbonyl (C=O) groups excluding carboxylic acids is 1. The van der Waals surface area contributed by atoms with Crippen molar-refractivity contribution in [2.75, 3.05) is 14.2 Å². The van der Waals surface area contributed by atoms with Crippen LogP contribution in [0.5, 0.6) is 11.5 Å². The van der Waals surface area contributed by atoms with E-state index in [1.165, 1.54) is 5.56 Å². The van der Waals surface area contributed by atoms with Gasteiger partial charge in [-0.05, 0) is 36.1 Å². The van der Waals surface area contributed by atoms with Gasteiger partial charge in [-0.1, -0.05) is 43.3 Å². The van der Waals surface area contributed by atoms with Crippen molar-refractivity contribution in [2.45, 2.75) is 32.2 Å². The van der Waals surface area contributed by atoms with Gasteiger partial charge in [0.1, 0.15) is 0 Å². The molecule has 1 amide bonds. The standard InChI is InChI=1S/C20H25NO3/c1-4-17(16-11-12-18(23-2)19(14-16)24-3)21-20(22)13-10-15-8-6-5-7-9-15/h5-9,11-12,14,17H,4,10,13H2,1-3H3,(H,21,22)/t17-/m0/s1. The maximum atomic E-state index is 12.3. The van der Waals surface area contributed by atoms with Gasteiger partial charge in [-0.25, -0.2) is 0 Å². The van der Waals surface area contributed by atoms with E-state index in [9.17, 15) is 4.79 Å². The van der Waals surface area contributed by atoms with Gasteiger partial charge in [0.15, 0.2) is 11.5 Å². The van der Waals surface area contributed by atoms with Crippen LogP contribution in [0.1, 0.15) is 36.9 Å². The Bertz CT molecular complexity index is 655. The van der Waals surface area contributed by atoms with Gasteiger partial charge in [-0.3, -0.25) is 4.79 Å². The molecule has 1 atom stereocenters. The first-order valence-electron chi connectivity index (χ1n) is 8.23. The predicted molar refractivity (Wildman–Crippen MR) is 95.5 cm³/mol. The smallest absolute Gasteiger partial charge is 0.220 e. The second-order valence-electron chi connectivity index (χ2n) is 5.63. The number of hydrogen-bond donors (Lipinski definition) is 1. The number of methoxy groups -OCH3 is 2. The first-order valence-corrected chi connectivity index (χ1v) is 8.23. The highest BCUT2D eigenvalue weighted by atomic mass is 16.5. The maximum absolute atomic E-state index is 12.3. The fraction of sp³-hybridized carbons (Fsp3) is 0.350. The van der Waals surface area contributed by atoms with Gasteiger partial charge in [-0.2, -0.15) is 0 Å². The van der Waals surface area contributed by atoms with Crippen LogP contribution in [0.25, 0.3) is 0 Å². The summed E-state index contributed by atoms with van der Waals surface area (Å²) in [6.45, 7) is 2.05. The Labute approximate surface area is 143 Å². The third-order valence-corrected chi connectivity index (χ3v) is 4.04. The number of hydrogen-bond acceptors (Lipinski definition) is 3. The van der Waals surface area contributed by atoms with Gasteiger partial charge in [0.2, 0.25) is 5.91 Å². The zero-order valence-electron chi connectivity index (χ0n) is 14.5. The summed E-state index contributed by atoms with van der Waals surface area (Å²) in [5.74, 6) is 1.42. The molecular weight excluding hydrogens is 302 g/mol. The molecule has 2 aromatic carbocycles. The van der Waals surface area contributed by atoms with Crippen LogP contribution in [0.15, 0.2) is 48.5 Å². The molecule has 0 saturated heterocycles. The van der Waals surface area contributed by atoms with Crippen molar-refractivity contribution in [3.05, 3.63) is 59.7 Å². The Morgan fingerprint density at radius 1 is 1.04 bits per heavy atom. The van der Waals surface area contributed by atoms with Crippen molar-refractivity contribution >= 4 is 5.91 Å². The van der Waals surface area contributed by atoms with Crippen molar-refractivity contribution in [2.24, 2.45) is 0 Å². The lowest BCUT2D eigenvalue weighted by Gasteiger charge is -2.19. The Morgan fingerprint density at radius 3 is 2.38 bits per heavy atom. The zero-order chi connectivity index (χ0) is 17.4. The molecule has 2 aromatic rings. The highest BCUT2D eigenvalue weighted by Gasteiger charge is 2.15. The number of aryl methyl sites for hydroxylation is 1. The lowest BCUT2D eigenvalue weighted by Crippen LogP contribution is -2.28. The molecule has 0 aliphatic carbocycles. The fourth-order valence-corrected chi connectivity index (χ4v) is 2.66. The van der Waals surface area contributed by atoms with Gasteiger partial charge in [0.05, 0.1) is 20.3 Å². The molecule has 0 bridgehead atoms. The second-order valence-corrected chi connectivity index (χ2v) is 5.63. The Kier molecular flexibility index (Phi) is 6.67. The van der Waals surface area contributed by atoms with Crippen LogP contribution >= 0.6 is 0 Å².